The van der Waals surface area contributed by atoms with E-state index in [0.29, 0.717) is 6.04 Å². The molecule has 0 atom stereocenters. The molecule has 2 rings (SSSR count). The van der Waals surface area contributed by atoms with E-state index in [1.807, 2.05) is 25.2 Å². The zero-order valence-corrected chi connectivity index (χ0v) is 18.5. The summed E-state index contributed by atoms with van der Waals surface area (Å²) >= 11 is 6.20. The van der Waals surface area contributed by atoms with Gasteiger partial charge in [-0.3, -0.25) is 4.99 Å². The average Bonchev–Trinajstić information content (AvgIpc) is 2.61. The van der Waals surface area contributed by atoms with E-state index in [9.17, 15) is 0 Å². The Balaban J connectivity index is 0.00000312. The summed E-state index contributed by atoms with van der Waals surface area (Å²) in [7, 11) is 1.84. The van der Waals surface area contributed by atoms with Crippen molar-refractivity contribution >= 4 is 41.5 Å². The summed E-state index contributed by atoms with van der Waals surface area (Å²) in [5, 5.41) is 7.85. The molecule has 0 aliphatic carbocycles. The van der Waals surface area contributed by atoms with Gasteiger partial charge in [-0.1, -0.05) is 36.7 Å². The molecule has 1 heterocycles. The molecule has 0 spiro atoms. The molecule has 1 fully saturated rings. The number of guanidine groups is 1. The summed E-state index contributed by atoms with van der Waals surface area (Å²) in [4.78, 5) is 6.91. The Morgan fingerprint density at radius 3 is 2.64 bits per heavy atom. The molecule has 1 aromatic rings. The van der Waals surface area contributed by atoms with Gasteiger partial charge in [0, 0.05) is 37.7 Å². The Kier molecular flexibility index (Phi) is 11.5. The number of halogens is 2. The van der Waals surface area contributed by atoms with E-state index >= 15 is 0 Å². The first kappa shape index (κ1) is 22.5. The number of nitrogens with one attached hydrogen (secondary N) is 2. The van der Waals surface area contributed by atoms with Crippen molar-refractivity contribution in [2.24, 2.45) is 4.99 Å². The number of hydrogen-bond acceptors (Lipinski definition) is 2. The van der Waals surface area contributed by atoms with Gasteiger partial charge in [-0.2, -0.15) is 0 Å². The summed E-state index contributed by atoms with van der Waals surface area (Å²) in [6.45, 7) is 6.75. The molecule has 0 bridgehead atoms. The first-order valence-corrected chi connectivity index (χ1v) is 9.53. The maximum Gasteiger partial charge on any atom is 0.191 e. The largest absolute Gasteiger partial charge is 0.356 e. The van der Waals surface area contributed by atoms with Crippen LogP contribution < -0.4 is 10.6 Å². The summed E-state index contributed by atoms with van der Waals surface area (Å²) < 4.78 is 0. The van der Waals surface area contributed by atoms with Crippen LogP contribution in [0.25, 0.3) is 0 Å². The number of piperidine rings is 1. The van der Waals surface area contributed by atoms with Crippen LogP contribution in [0.3, 0.4) is 0 Å². The molecular weight excluding hydrogens is 447 g/mol. The lowest BCUT2D eigenvalue weighted by Crippen LogP contribution is -2.48. The van der Waals surface area contributed by atoms with E-state index in [1.54, 1.807) is 0 Å². The van der Waals surface area contributed by atoms with Crippen molar-refractivity contribution in [1.82, 2.24) is 15.5 Å². The van der Waals surface area contributed by atoms with Crippen LogP contribution in [0.2, 0.25) is 5.02 Å². The smallest absolute Gasteiger partial charge is 0.191 e. The van der Waals surface area contributed by atoms with Crippen LogP contribution in [0.5, 0.6) is 0 Å². The zero-order valence-electron chi connectivity index (χ0n) is 15.4. The third-order valence-electron chi connectivity index (χ3n) is 4.57. The fourth-order valence-corrected chi connectivity index (χ4v) is 3.42. The van der Waals surface area contributed by atoms with Gasteiger partial charge >= 0.3 is 0 Å². The molecule has 0 amide bonds. The average molecular weight is 479 g/mol. The molecule has 25 heavy (non-hydrogen) atoms. The Labute approximate surface area is 174 Å². The first-order chi connectivity index (χ1) is 11.7. The minimum atomic E-state index is 0. The highest BCUT2D eigenvalue weighted by Gasteiger charge is 2.19. The number of aliphatic imine (C=N–C) groups is 1. The van der Waals surface area contributed by atoms with Gasteiger partial charge in [0.25, 0.3) is 0 Å². The van der Waals surface area contributed by atoms with Crippen molar-refractivity contribution < 1.29 is 0 Å². The number of aryl methyl sites for hydroxylation is 1. The second-order valence-electron chi connectivity index (χ2n) is 6.45. The van der Waals surface area contributed by atoms with E-state index in [0.717, 1.165) is 30.4 Å². The van der Waals surface area contributed by atoms with Crippen molar-refractivity contribution in [1.29, 1.82) is 0 Å². The Bertz CT molecular complexity index is 516. The van der Waals surface area contributed by atoms with Gasteiger partial charge in [-0.15, -0.1) is 24.0 Å². The maximum absolute atomic E-state index is 6.20. The number of nitrogens with zero attached hydrogens (tertiary/aromatic N) is 2. The minimum Gasteiger partial charge on any atom is -0.356 e. The summed E-state index contributed by atoms with van der Waals surface area (Å²) in [5.41, 5.74) is 1.22. The molecule has 142 valence electrons. The number of benzene rings is 1. The van der Waals surface area contributed by atoms with Gasteiger partial charge in [0.05, 0.1) is 0 Å². The van der Waals surface area contributed by atoms with E-state index in [4.69, 9.17) is 11.6 Å². The third-order valence-corrected chi connectivity index (χ3v) is 4.93. The van der Waals surface area contributed by atoms with Crippen molar-refractivity contribution in [3.05, 3.63) is 34.9 Å². The van der Waals surface area contributed by atoms with Crippen LogP contribution >= 0.6 is 35.6 Å². The van der Waals surface area contributed by atoms with Crippen molar-refractivity contribution in [3.63, 3.8) is 0 Å². The maximum atomic E-state index is 6.20. The standard InChI is InChI=1S/C19H31ClN4.HI/c1-3-13-24-14-10-17(11-15-24)23-19(21-2)22-12-6-8-16-7-4-5-9-18(16)20;/h4-5,7,9,17H,3,6,8,10-15H2,1-2H3,(H2,21,22,23);1H. The fraction of sp³-hybridized carbons (Fsp3) is 0.632. The van der Waals surface area contributed by atoms with Crippen LogP contribution in [0, 0.1) is 0 Å². The van der Waals surface area contributed by atoms with Crippen molar-refractivity contribution in [2.45, 2.75) is 45.1 Å². The summed E-state index contributed by atoms with van der Waals surface area (Å²) in [5.74, 6) is 0.920. The van der Waals surface area contributed by atoms with Gasteiger partial charge in [0.1, 0.15) is 0 Å². The van der Waals surface area contributed by atoms with Gasteiger partial charge in [-0.25, -0.2) is 0 Å². The summed E-state index contributed by atoms with van der Waals surface area (Å²) in [6, 6.07) is 8.60. The van der Waals surface area contributed by atoms with Gasteiger partial charge < -0.3 is 15.5 Å². The van der Waals surface area contributed by atoms with Crippen molar-refractivity contribution in [2.75, 3.05) is 33.2 Å². The predicted octanol–water partition coefficient (Wildman–Crippen LogP) is 3.93. The first-order valence-electron chi connectivity index (χ1n) is 9.16. The Morgan fingerprint density at radius 2 is 2.00 bits per heavy atom. The van der Waals surface area contributed by atoms with Crippen LogP contribution in [0.15, 0.2) is 29.3 Å². The van der Waals surface area contributed by atoms with Gasteiger partial charge in [0.2, 0.25) is 0 Å². The fourth-order valence-electron chi connectivity index (χ4n) is 3.19. The number of rotatable bonds is 7. The highest BCUT2D eigenvalue weighted by atomic mass is 127. The van der Waals surface area contributed by atoms with Crippen LogP contribution in [-0.2, 0) is 6.42 Å². The highest BCUT2D eigenvalue weighted by molar-refractivity contribution is 14.0. The molecule has 0 saturated carbocycles. The molecule has 0 aromatic heterocycles. The molecule has 6 heteroatoms. The van der Waals surface area contributed by atoms with Crippen LogP contribution in [-0.4, -0.2) is 50.1 Å². The van der Waals surface area contributed by atoms with Gasteiger partial charge in [-0.05, 0) is 50.3 Å². The van der Waals surface area contributed by atoms with Crippen molar-refractivity contribution in [3.8, 4) is 0 Å². The molecular formula is C19H32ClIN4. The minimum absolute atomic E-state index is 0. The molecule has 4 nitrogen and oxygen atoms in total. The number of hydrogen-bond donors (Lipinski definition) is 2. The van der Waals surface area contributed by atoms with E-state index in [-0.39, 0.29) is 24.0 Å². The monoisotopic (exact) mass is 478 g/mol. The second-order valence-corrected chi connectivity index (χ2v) is 6.86. The molecule has 1 aliphatic heterocycles. The summed E-state index contributed by atoms with van der Waals surface area (Å²) in [6.07, 6.45) is 5.66. The molecule has 1 aromatic carbocycles. The molecule has 0 unspecified atom stereocenters. The van der Waals surface area contributed by atoms with Gasteiger partial charge in [0.15, 0.2) is 5.96 Å². The second kappa shape index (κ2) is 12.8. The Morgan fingerprint density at radius 1 is 1.28 bits per heavy atom. The molecule has 1 aliphatic rings. The van der Waals surface area contributed by atoms with E-state index < -0.39 is 0 Å². The SMILES string of the molecule is CCCN1CCC(NC(=NC)NCCCc2ccccc2Cl)CC1.I. The quantitative estimate of drug-likeness (QED) is 0.270. The lowest BCUT2D eigenvalue weighted by atomic mass is 10.1. The molecule has 2 N–H and O–H groups in total. The van der Waals surface area contributed by atoms with E-state index in [2.05, 4.69) is 33.5 Å². The predicted molar refractivity (Wildman–Crippen MR) is 119 cm³/mol. The van der Waals surface area contributed by atoms with Crippen LogP contribution in [0.4, 0.5) is 0 Å². The lowest BCUT2D eigenvalue weighted by molar-refractivity contribution is 0.206. The normalized spacial score (nSPS) is 16.4. The molecule has 1 saturated heterocycles. The zero-order chi connectivity index (χ0) is 17.2. The Hall–Kier alpha value is -0.530. The lowest BCUT2D eigenvalue weighted by Gasteiger charge is -2.32. The third kappa shape index (κ3) is 8.13. The highest BCUT2D eigenvalue weighted by Crippen LogP contribution is 2.16. The molecule has 0 radical (unpaired) electrons. The number of likely N-dealkylation sites (tertiary alicyclic amines) is 1. The topological polar surface area (TPSA) is 39.7 Å². The van der Waals surface area contributed by atoms with Crippen LogP contribution in [0.1, 0.15) is 38.2 Å². The van der Waals surface area contributed by atoms with E-state index in [1.165, 1.54) is 44.5 Å².